The maximum Gasteiger partial charge on any atom is 0.306 e. The van der Waals surface area contributed by atoms with Crippen molar-refractivity contribution < 1.29 is 39.6 Å². The minimum atomic E-state index is -0.662. The summed E-state index contributed by atoms with van der Waals surface area (Å²) in [6.45, 7) is 9.17. The van der Waals surface area contributed by atoms with Gasteiger partial charge in [-0.15, -0.1) is 0 Å². The fourth-order valence-electron chi connectivity index (χ4n) is 11.3. The van der Waals surface area contributed by atoms with Crippen molar-refractivity contribution in [1.82, 2.24) is 0 Å². The normalized spacial score (nSPS) is 33.9. The molecule has 10 heteroatoms. The summed E-state index contributed by atoms with van der Waals surface area (Å²) < 4.78 is 0. The van der Waals surface area contributed by atoms with Gasteiger partial charge in [0.1, 0.15) is 0 Å². The van der Waals surface area contributed by atoms with Gasteiger partial charge in [-0.05, 0) is 168 Å². The van der Waals surface area contributed by atoms with E-state index in [0.29, 0.717) is 46.3 Å². The van der Waals surface area contributed by atoms with E-state index in [1.165, 1.54) is 0 Å². The lowest BCUT2D eigenvalue weighted by Crippen LogP contribution is -2.29. The van der Waals surface area contributed by atoms with Crippen LogP contribution >= 0.6 is 15.8 Å². The highest BCUT2D eigenvalue weighted by Gasteiger charge is 2.45. The lowest BCUT2D eigenvalue weighted by atomic mass is 9.99. The Bertz CT molecular complexity index is 953. The molecule has 0 aromatic heterocycles. The average Bonchev–Trinajstić information content (AvgIpc) is 3.89. The third kappa shape index (κ3) is 10.00. The van der Waals surface area contributed by atoms with Gasteiger partial charge in [-0.3, -0.25) is 19.2 Å². The molecule has 0 aromatic carbocycles. The highest BCUT2D eigenvalue weighted by molar-refractivity contribution is 7.60. The molecule has 0 aliphatic heterocycles. The fraction of sp³-hybridized carbons (Fsp3) is 0.897. The first-order valence-electron chi connectivity index (χ1n) is 19.9. The molecule has 12 unspecified atom stereocenters. The van der Waals surface area contributed by atoms with Gasteiger partial charge in [-0.2, -0.15) is 0 Å². The number of carbonyl (C=O) groups is 4. The Morgan fingerprint density at radius 1 is 0.449 bits per heavy atom. The van der Waals surface area contributed by atoms with E-state index in [9.17, 15) is 39.6 Å². The highest BCUT2D eigenvalue weighted by Crippen LogP contribution is 2.63. The maximum atomic E-state index is 12.0. The van der Waals surface area contributed by atoms with Gasteiger partial charge in [0.05, 0.1) is 23.7 Å². The number of rotatable bonds is 20. The summed E-state index contributed by atoms with van der Waals surface area (Å²) in [5.74, 6) is -1.93. The third-order valence-corrected chi connectivity index (χ3v) is 21.9. The van der Waals surface area contributed by atoms with E-state index in [1.54, 1.807) is 0 Å². The van der Waals surface area contributed by atoms with E-state index in [-0.39, 0.29) is 23.7 Å². The summed E-state index contributed by atoms with van der Waals surface area (Å²) >= 11 is 0. The van der Waals surface area contributed by atoms with Crippen molar-refractivity contribution in [3.05, 3.63) is 0 Å². The van der Waals surface area contributed by atoms with Crippen molar-refractivity contribution in [2.45, 2.75) is 159 Å². The second kappa shape index (κ2) is 19.0. The van der Waals surface area contributed by atoms with Gasteiger partial charge in [0, 0.05) is 0 Å². The zero-order chi connectivity index (χ0) is 35.8. The molecule has 0 amide bonds. The number of hydrogen-bond acceptors (Lipinski definition) is 4. The van der Waals surface area contributed by atoms with Gasteiger partial charge in [0.25, 0.3) is 0 Å². The van der Waals surface area contributed by atoms with E-state index in [1.807, 2.05) is 0 Å². The number of carboxylic acids is 4. The van der Waals surface area contributed by atoms with Crippen molar-refractivity contribution in [2.24, 2.45) is 47.3 Å². The average molecular weight is 725 g/mol. The lowest BCUT2D eigenvalue weighted by molar-refractivity contribution is -0.142. The molecule has 4 saturated carbocycles. The van der Waals surface area contributed by atoms with Crippen LogP contribution in [0.5, 0.6) is 0 Å². The van der Waals surface area contributed by atoms with Crippen LogP contribution in [0.4, 0.5) is 0 Å². The van der Waals surface area contributed by atoms with E-state index >= 15 is 0 Å². The molecule has 4 fully saturated rings. The van der Waals surface area contributed by atoms with Crippen LogP contribution in [-0.2, 0) is 19.2 Å². The van der Waals surface area contributed by atoms with Crippen LogP contribution in [0.25, 0.3) is 0 Å². The lowest BCUT2D eigenvalue weighted by Gasteiger charge is -2.42. The van der Waals surface area contributed by atoms with Crippen molar-refractivity contribution >= 4 is 39.7 Å². The molecule has 280 valence electrons. The molecular formula is C39H66O8P2. The number of hydrogen-bond donors (Lipinski definition) is 4. The van der Waals surface area contributed by atoms with E-state index in [2.05, 4.69) is 27.7 Å². The van der Waals surface area contributed by atoms with Crippen molar-refractivity contribution in [1.29, 1.82) is 0 Å². The minimum Gasteiger partial charge on any atom is -0.481 e. The predicted molar refractivity (Wildman–Crippen MR) is 198 cm³/mol. The smallest absolute Gasteiger partial charge is 0.306 e. The Morgan fingerprint density at radius 2 is 0.673 bits per heavy atom. The molecule has 0 bridgehead atoms. The largest absolute Gasteiger partial charge is 0.481 e. The van der Waals surface area contributed by atoms with Gasteiger partial charge >= 0.3 is 23.9 Å². The van der Waals surface area contributed by atoms with Gasteiger partial charge in [0.15, 0.2) is 0 Å². The van der Waals surface area contributed by atoms with Crippen LogP contribution in [0.2, 0.25) is 0 Å². The second-order valence-electron chi connectivity index (χ2n) is 16.2. The van der Waals surface area contributed by atoms with Crippen LogP contribution in [0, 0.1) is 47.3 Å². The summed E-state index contributed by atoms with van der Waals surface area (Å²) in [7, 11) is -0.894. The Kier molecular flexibility index (Phi) is 15.7. The second-order valence-corrected chi connectivity index (χ2v) is 21.8. The van der Waals surface area contributed by atoms with Crippen LogP contribution in [0.3, 0.4) is 0 Å². The monoisotopic (exact) mass is 724 g/mol. The van der Waals surface area contributed by atoms with E-state index < -0.39 is 39.7 Å². The quantitative estimate of drug-likeness (QED) is 0.0908. The summed E-state index contributed by atoms with van der Waals surface area (Å²) in [6, 6.07) is 0. The van der Waals surface area contributed by atoms with Crippen LogP contribution < -0.4 is 0 Å². The Balaban J connectivity index is 1.59. The van der Waals surface area contributed by atoms with Gasteiger partial charge < -0.3 is 20.4 Å². The highest BCUT2D eigenvalue weighted by atomic mass is 31.1. The molecule has 49 heavy (non-hydrogen) atoms. The summed E-state index contributed by atoms with van der Waals surface area (Å²) in [6.07, 6.45) is 17.7. The molecular weight excluding hydrogens is 658 g/mol. The maximum absolute atomic E-state index is 12.0. The fourth-order valence-corrected chi connectivity index (χ4v) is 20.0. The first-order valence-corrected chi connectivity index (χ1v) is 23.2. The molecule has 4 N–H and O–H groups in total. The standard InChI is InChI=1S/C39H66O8P2/c1-5-32(24-10-14-28(20-24)36(40)41)48(33(6-2)25-11-15-29(21-25)37(42)43)18-9-19-49(34(7-3)26-12-16-30(22-26)38(44)45)35(8-4)27-13-17-31(23-27)39(46)47/h24-35H,5-23H2,1-4H3,(H,40,41)(H,42,43)(H,44,45)(H,46,47). The van der Waals surface area contributed by atoms with Crippen LogP contribution in [0.1, 0.15) is 137 Å². The summed E-state index contributed by atoms with van der Waals surface area (Å²) in [4.78, 5) is 47.9. The molecule has 0 heterocycles. The van der Waals surface area contributed by atoms with E-state index in [4.69, 9.17) is 0 Å². The molecule has 8 nitrogen and oxygen atoms in total. The zero-order valence-electron chi connectivity index (χ0n) is 30.7. The number of carboxylic acid groups (broad SMARTS) is 4. The first-order chi connectivity index (χ1) is 23.4. The van der Waals surface area contributed by atoms with Gasteiger partial charge in [-0.1, -0.05) is 43.5 Å². The molecule has 12 atom stereocenters. The molecule has 0 saturated heterocycles. The van der Waals surface area contributed by atoms with Gasteiger partial charge in [0.2, 0.25) is 0 Å². The Hall–Kier alpha value is -1.26. The SMILES string of the molecule is CCC(C1CCC(C(=O)O)C1)P(CCCP(C(CC)C1CCC(C(=O)O)C1)C(CC)C1CCC(C(=O)O)C1)C(CC)C1CCC(C(=O)O)C1. The molecule has 4 aliphatic carbocycles. The topological polar surface area (TPSA) is 149 Å². The Morgan fingerprint density at radius 3 is 0.837 bits per heavy atom. The molecule has 0 spiro atoms. The van der Waals surface area contributed by atoms with Gasteiger partial charge in [-0.25, -0.2) is 0 Å². The summed E-state index contributed by atoms with van der Waals surface area (Å²) in [5, 5.41) is 39.4. The molecule has 4 aliphatic rings. The van der Waals surface area contributed by atoms with Crippen molar-refractivity contribution in [3.63, 3.8) is 0 Å². The molecule has 0 radical (unpaired) electrons. The minimum absolute atomic E-state index is 0.246. The molecule has 4 rings (SSSR count). The third-order valence-electron chi connectivity index (χ3n) is 13.7. The summed E-state index contributed by atoms with van der Waals surface area (Å²) in [5.41, 5.74) is 2.00. The van der Waals surface area contributed by atoms with Crippen LogP contribution in [0.15, 0.2) is 0 Å². The van der Waals surface area contributed by atoms with Crippen molar-refractivity contribution in [3.8, 4) is 0 Å². The first kappa shape index (κ1) is 40.5. The predicted octanol–water partition coefficient (Wildman–Crippen LogP) is 9.46. The zero-order valence-corrected chi connectivity index (χ0v) is 32.5. The number of aliphatic carboxylic acids is 4. The van der Waals surface area contributed by atoms with Crippen molar-refractivity contribution in [2.75, 3.05) is 12.3 Å². The van der Waals surface area contributed by atoms with Crippen LogP contribution in [-0.4, -0.2) is 79.3 Å². The molecule has 0 aromatic rings. The Labute approximate surface area is 297 Å². The van der Waals surface area contributed by atoms with E-state index in [0.717, 1.165) is 121 Å².